The second-order valence-electron chi connectivity index (χ2n) is 4.32. The molecular weight excluding hydrogens is 204 g/mol. The Labute approximate surface area is 92.5 Å². The van der Waals surface area contributed by atoms with Gasteiger partial charge in [0.15, 0.2) is 5.54 Å². The highest BCUT2D eigenvalue weighted by molar-refractivity contribution is 5.81. The van der Waals surface area contributed by atoms with Crippen LogP contribution in [0.5, 0.6) is 0 Å². The maximum Gasteiger partial charge on any atom is 0.331 e. The summed E-state index contributed by atoms with van der Waals surface area (Å²) in [6, 6.07) is 7.70. The Morgan fingerprint density at radius 2 is 2.12 bits per heavy atom. The number of benzene rings is 1. The molecule has 1 N–H and O–H groups in total. The minimum Gasteiger partial charge on any atom is -0.479 e. The fraction of sp³-hybridized carbons (Fsp3) is 0.333. The van der Waals surface area contributed by atoms with Gasteiger partial charge in [0.2, 0.25) is 0 Å². The lowest BCUT2D eigenvalue weighted by atomic mass is 9.77. The van der Waals surface area contributed by atoms with E-state index in [9.17, 15) is 9.90 Å². The molecule has 1 aromatic heterocycles. The molecule has 0 aliphatic heterocycles. The number of nitrogens with zero attached hydrogens (tertiary/aromatic N) is 2. The highest BCUT2D eigenvalue weighted by Crippen LogP contribution is 2.39. The number of carboxylic acid groups (broad SMARTS) is 1. The van der Waals surface area contributed by atoms with Crippen molar-refractivity contribution in [3.8, 4) is 0 Å². The van der Waals surface area contributed by atoms with Crippen molar-refractivity contribution in [3.63, 3.8) is 0 Å². The molecule has 1 aliphatic carbocycles. The van der Waals surface area contributed by atoms with Gasteiger partial charge in [-0.15, -0.1) is 0 Å². The lowest BCUT2D eigenvalue weighted by Gasteiger charge is -2.37. The van der Waals surface area contributed by atoms with Gasteiger partial charge in [0, 0.05) is 11.6 Å². The van der Waals surface area contributed by atoms with Crippen LogP contribution in [0, 0.1) is 0 Å². The first-order valence-corrected chi connectivity index (χ1v) is 5.41. The molecule has 4 nitrogen and oxygen atoms in total. The van der Waals surface area contributed by atoms with E-state index in [0.29, 0.717) is 12.8 Å². The van der Waals surface area contributed by atoms with Gasteiger partial charge in [-0.1, -0.05) is 18.2 Å². The molecule has 0 unspecified atom stereocenters. The molecule has 1 saturated carbocycles. The van der Waals surface area contributed by atoms with Crippen LogP contribution in [0.2, 0.25) is 0 Å². The van der Waals surface area contributed by atoms with Crippen LogP contribution >= 0.6 is 0 Å². The van der Waals surface area contributed by atoms with Crippen LogP contribution in [0.1, 0.15) is 19.3 Å². The summed E-state index contributed by atoms with van der Waals surface area (Å²) in [5, 5.41) is 14.7. The van der Waals surface area contributed by atoms with Gasteiger partial charge in [0.25, 0.3) is 0 Å². The molecule has 0 radical (unpaired) electrons. The second-order valence-corrected chi connectivity index (χ2v) is 4.32. The van der Waals surface area contributed by atoms with Crippen LogP contribution in [0.25, 0.3) is 10.9 Å². The third kappa shape index (κ3) is 1.10. The lowest BCUT2D eigenvalue weighted by molar-refractivity contribution is -0.153. The van der Waals surface area contributed by atoms with Gasteiger partial charge in [-0.2, -0.15) is 5.10 Å². The van der Waals surface area contributed by atoms with Gasteiger partial charge >= 0.3 is 5.97 Å². The molecule has 4 heteroatoms. The first kappa shape index (κ1) is 9.39. The van der Waals surface area contributed by atoms with E-state index >= 15 is 0 Å². The van der Waals surface area contributed by atoms with Crippen molar-refractivity contribution in [1.82, 2.24) is 9.78 Å². The van der Waals surface area contributed by atoms with Crippen molar-refractivity contribution < 1.29 is 9.90 Å². The highest BCUT2D eigenvalue weighted by atomic mass is 16.4. The SMILES string of the molecule is O=C(O)C1(n2cc3ccccc3n2)CCC1. The van der Waals surface area contributed by atoms with E-state index in [0.717, 1.165) is 17.3 Å². The zero-order chi connectivity index (χ0) is 11.2. The van der Waals surface area contributed by atoms with Crippen LogP contribution in [0.4, 0.5) is 0 Å². The molecule has 2 aromatic rings. The van der Waals surface area contributed by atoms with Crippen molar-refractivity contribution in [1.29, 1.82) is 0 Å². The first-order valence-electron chi connectivity index (χ1n) is 5.41. The number of hydrogen-bond acceptors (Lipinski definition) is 2. The predicted octanol–water partition coefficient (Wildman–Crippen LogP) is 2.00. The Balaban J connectivity index is 2.15. The summed E-state index contributed by atoms with van der Waals surface area (Å²) in [6.07, 6.45) is 4.15. The van der Waals surface area contributed by atoms with Crippen molar-refractivity contribution in [2.75, 3.05) is 0 Å². The van der Waals surface area contributed by atoms with E-state index in [2.05, 4.69) is 5.10 Å². The summed E-state index contributed by atoms with van der Waals surface area (Å²) < 4.78 is 1.63. The molecule has 1 fully saturated rings. The average molecular weight is 216 g/mol. The largest absolute Gasteiger partial charge is 0.479 e. The van der Waals surface area contributed by atoms with Crippen LogP contribution in [0.15, 0.2) is 30.5 Å². The minimum absolute atomic E-state index is 0.677. The Morgan fingerprint density at radius 3 is 2.69 bits per heavy atom. The summed E-state index contributed by atoms with van der Waals surface area (Å²) in [5.74, 6) is -0.772. The van der Waals surface area contributed by atoms with Crippen molar-refractivity contribution in [3.05, 3.63) is 30.5 Å². The minimum atomic E-state index is -0.793. The fourth-order valence-electron chi connectivity index (χ4n) is 2.24. The van der Waals surface area contributed by atoms with Gasteiger partial charge in [0.1, 0.15) is 0 Å². The van der Waals surface area contributed by atoms with E-state index in [1.807, 2.05) is 30.5 Å². The summed E-state index contributed by atoms with van der Waals surface area (Å²) in [6.45, 7) is 0. The zero-order valence-electron chi connectivity index (χ0n) is 8.76. The first-order chi connectivity index (χ1) is 7.72. The predicted molar refractivity (Wildman–Crippen MR) is 59.2 cm³/mol. The maximum absolute atomic E-state index is 11.3. The number of aliphatic carboxylic acids is 1. The molecule has 0 atom stereocenters. The van der Waals surface area contributed by atoms with Crippen molar-refractivity contribution >= 4 is 16.9 Å². The third-order valence-corrected chi connectivity index (χ3v) is 3.43. The van der Waals surface area contributed by atoms with Crippen LogP contribution in [0.3, 0.4) is 0 Å². The van der Waals surface area contributed by atoms with E-state index in [-0.39, 0.29) is 0 Å². The number of aromatic nitrogens is 2. The van der Waals surface area contributed by atoms with Gasteiger partial charge < -0.3 is 5.11 Å². The number of fused-ring (bicyclic) bond motifs is 1. The Hall–Kier alpha value is -1.84. The maximum atomic E-state index is 11.3. The molecule has 82 valence electrons. The van der Waals surface area contributed by atoms with Gasteiger partial charge in [0.05, 0.1) is 5.52 Å². The van der Waals surface area contributed by atoms with E-state index in [1.165, 1.54) is 0 Å². The standard InChI is InChI=1S/C12H12N2O2/c15-11(16)12(6-3-7-12)14-8-9-4-1-2-5-10(9)13-14/h1-2,4-5,8H,3,6-7H2,(H,15,16). The van der Waals surface area contributed by atoms with Crippen molar-refractivity contribution in [2.45, 2.75) is 24.8 Å². The third-order valence-electron chi connectivity index (χ3n) is 3.43. The van der Waals surface area contributed by atoms with E-state index in [1.54, 1.807) is 4.68 Å². The molecule has 0 bridgehead atoms. The topological polar surface area (TPSA) is 55.1 Å². The summed E-state index contributed by atoms with van der Waals surface area (Å²) in [4.78, 5) is 11.3. The lowest BCUT2D eigenvalue weighted by Crippen LogP contribution is -2.48. The number of rotatable bonds is 2. The monoisotopic (exact) mass is 216 g/mol. The number of hydrogen-bond donors (Lipinski definition) is 1. The summed E-state index contributed by atoms with van der Waals surface area (Å²) >= 11 is 0. The molecule has 1 aliphatic rings. The number of carbonyl (C=O) groups is 1. The average Bonchev–Trinajstić information content (AvgIpc) is 2.58. The van der Waals surface area contributed by atoms with Crippen molar-refractivity contribution in [2.24, 2.45) is 0 Å². The van der Waals surface area contributed by atoms with E-state index in [4.69, 9.17) is 0 Å². The highest BCUT2D eigenvalue weighted by Gasteiger charge is 2.47. The molecule has 3 rings (SSSR count). The Morgan fingerprint density at radius 1 is 1.38 bits per heavy atom. The molecule has 1 heterocycles. The zero-order valence-corrected chi connectivity index (χ0v) is 8.76. The summed E-state index contributed by atoms with van der Waals surface area (Å²) in [7, 11) is 0. The molecule has 0 amide bonds. The van der Waals surface area contributed by atoms with Crippen LogP contribution < -0.4 is 0 Å². The quantitative estimate of drug-likeness (QED) is 0.835. The number of carboxylic acids is 1. The Bertz CT molecular complexity index is 522. The second kappa shape index (κ2) is 3.07. The smallest absolute Gasteiger partial charge is 0.331 e. The van der Waals surface area contributed by atoms with Gasteiger partial charge in [-0.25, -0.2) is 4.79 Å². The van der Waals surface area contributed by atoms with Gasteiger partial charge in [-0.05, 0) is 25.3 Å². The molecule has 16 heavy (non-hydrogen) atoms. The van der Waals surface area contributed by atoms with Crippen LogP contribution in [-0.4, -0.2) is 20.9 Å². The molecular formula is C12H12N2O2. The molecule has 0 spiro atoms. The van der Waals surface area contributed by atoms with E-state index < -0.39 is 11.5 Å². The van der Waals surface area contributed by atoms with Crippen LogP contribution in [-0.2, 0) is 10.3 Å². The molecule has 0 saturated heterocycles. The molecule has 1 aromatic carbocycles. The normalized spacial score (nSPS) is 18.2. The fourth-order valence-corrected chi connectivity index (χ4v) is 2.24. The summed E-state index contributed by atoms with van der Waals surface area (Å²) in [5.41, 5.74) is 0.0639. The Kier molecular flexibility index (Phi) is 1.80. The van der Waals surface area contributed by atoms with Gasteiger partial charge in [-0.3, -0.25) is 4.68 Å².